The molecule has 7 heteroatoms. The second kappa shape index (κ2) is 10.1. The van der Waals surface area contributed by atoms with E-state index in [1.165, 1.54) is 4.90 Å². The minimum absolute atomic E-state index is 0.0407. The molecule has 0 saturated carbocycles. The van der Waals surface area contributed by atoms with Gasteiger partial charge in [-0.25, -0.2) is 9.59 Å². The predicted molar refractivity (Wildman–Crippen MR) is 133 cm³/mol. The maximum atomic E-state index is 13.3. The van der Waals surface area contributed by atoms with Gasteiger partial charge in [0.1, 0.15) is 12.6 Å². The number of ether oxygens (including phenoxy) is 1. The minimum atomic E-state index is -0.977. The molecular formula is C28H34N2O5. The molecule has 1 unspecified atom stereocenters. The molecule has 2 amide bonds. The molecule has 0 spiro atoms. The molecule has 7 nitrogen and oxygen atoms in total. The van der Waals surface area contributed by atoms with Crippen LogP contribution in [0.15, 0.2) is 48.5 Å². The minimum Gasteiger partial charge on any atom is -0.480 e. The number of carboxylic acid groups (broad SMARTS) is 1. The van der Waals surface area contributed by atoms with E-state index in [2.05, 4.69) is 29.6 Å². The van der Waals surface area contributed by atoms with Crippen molar-refractivity contribution < 1.29 is 24.2 Å². The van der Waals surface area contributed by atoms with E-state index >= 15 is 0 Å². The van der Waals surface area contributed by atoms with Gasteiger partial charge in [-0.2, -0.15) is 0 Å². The third-order valence-electron chi connectivity index (χ3n) is 6.87. The number of amides is 2. The number of fused-ring (bicyclic) bond motifs is 3. The monoisotopic (exact) mass is 478 g/mol. The molecule has 2 atom stereocenters. The molecule has 2 aromatic carbocycles. The van der Waals surface area contributed by atoms with Gasteiger partial charge in [0.15, 0.2) is 0 Å². The van der Waals surface area contributed by atoms with Gasteiger partial charge in [-0.3, -0.25) is 4.79 Å². The molecule has 1 fully saturated rings. The molecule has 2 aliphatic rings. The van der Waals surface area contributed by atoms with Crippen LogP contribution in [0, 0.1) is 11.3 Å². The highest BCUT2D eigenvalue weighted by Gasteiger charge is 2.38. The third-order valence-corrected chi connectivity index (χ3v) is 6.87. The highest BCUT2D eigenvalue weighted by molar-refractivity contribution is 5.86. The summed E-state index contributed by atoms with van der Waals surface area (Å²) in [6.07, 6.45) is 1.08. The lowest BCUT2D eigenvalue weighted by Crippen LogP contribution is -2.47. The number of carbonyl (C=O) groups is 3. The number of rotatable bonds is 7. The zero-order chi connectivity index (χ0) is 25.2. The summed E-state index contributed by atoms with van der Waals surface area (Å²) in [4.78, 5) is 39.0. The van der Waals surface area contributed by atoms with Crippen LogP contribution >= 0.6 is 0 Å². The van der Waals surface area contributed by atoms with Crippen LogP contribution in [0.5, 0.6) is 0 Å². The largest absolute Gasteiger partial charge is 0.480 e. The standard InChI is InChI=1S/C28H34N2O5/c1-28(2,3)15-18(25(31)30-14-8-13-24(30)26(32)33)16-29-27(34)35-17-23-21-11-6-4-9-19(21)20-10-5-7-12-22(20)23/h4-7,9-12,18,23-24H,8,13-17H2,1-3H3,(H,29,34)(H,32,33)/t18?,24-/m1/s1. The van der Waals surface area contributed by atoms with Gasteiger partial charge in [-0.1, -0.05) is 69.3 Å². The molecule has 186 valence electrons. The van der Waals surface area contributed by atoms with Gasteiger partial charge in [0.2, 0.25) is 5.91 Å². The number of nitrogens with one attached hydrogen (secondary N) is 1. The van der Waals surface area contributed by atoms with E-state index < -0.39 is 24.0 Å². The molecule has 1 aliphatic carbocycles. The van der Waals surface area contributed by atoms with Crippen molar-refractivity contribution in [2.75, 3.05) is 19.7 Å². The molecular weight excluding hydrogens is 444 g/mol. The van der Waals surface area contributed by atoms with Crippen LogP contribution in [0.25, 0.3) is 11.1 Å². The van der Waals surface area contributed by atoms with Crippen molar-refractivity contribution in [3.63, 3.8) is 0 Å². The summed E-state index contributed by atoms with van der Waals surface area (Å²) in [5.74, 6) is -1.75. The van der Waals surface area contributed by atoms with Crippen LogP contribution in [0.2, 0.25) is 0 Å². The van der Waals surface area contributed by atoms with Crippen molar-refractivity contribution in [3.05, 3.63) is 59.7 Å². The summed E-state index contributed by atoms with van der Waals surface area (Å²) in [6.45, 7) is 6.82. The van der Waals surface area contributed by atoms with E-state index in [4.69, 9.17) is 4.74 Å². The van der Waals surface area contributed by atoms with E-state index in [0.29, 0.717) is 25.8 Å². The fourth-order valence-corrected chi connectivity index (χ4v) is 5.36. The van der Waals surface area contributed by atoms with Crippen LogP contribution in [-0.2, 0) is 14.3 Å². The molecule has 2 aromatic rings. The van der Waals surface area contributed by atoms with Gasteiger partial charge < -0.3 is 20.1 Å². The average Bonchev–Trinajstić information content (AvgIpc) is 3.43. The summed E-state index contributed by atoms with van der Waals surface area (Å²) in [5, 5.41) is 12.3. The third kappa shape index (κ3) is 5.50. The number of alkyl carbamates (subject to hydrolysis) is 1. The normalized spacial score (nSPS) is 18.0. The summed E-state index contributed by atoms with van der Waals surface area (Å²) >= 11 is 0. The van der Waals surface area contributed by atoms with Crippen molar-refractivity contribution >= 4 is 18.0 Å². The lowest BCUT2D eigenvalue weighted by atomic mass is 9.84. The smallest absolute Gasteiger partial charge is 0.407 e. The Balaban J connectivity index is 1.39. The summed E-state index contributed by atoms with van der Waals surface area (Å²) in [7, 11) is 0. The molecule has 2 N–H and O–H groups in total. The molecule has 35 heavy (non-hydrogen) atoms. The van der Waals surface area contributed by atoms with Crippen LogP contribution < -0.4 is 5.32 Å². The number of hydrogen-bond acceptors (Lipinski definition) is 4. The molecule has 1 saturated heterocycles. The van der Waals surface area contributed by atoms with Gasteiger partial charge in [0, 0.05) is 19.0 Å². The number of carbonyl (C=O) groups excluding carboxylic acids is 2. The number of nitrogens with zero attached hydrogens (tertiary/aromatic N) is 1. The number of hydrogen-bond donors (Lipinski definition) is 2. The maximum absolute atomic E-state index is 13.3. The lowest BCUT2D eigenvalue weighted by molar-refractivity contribution is -0.150. The van der Waals surface area contributed by atoms with Gasteiger partial charge in [-0.05, 0) is 46.9 Å². The van der Waals surface area contributed by atoms with Gasteiger partial charge in [-0.15, -0.1) is 0 Å². The van der Waals surface area contributed by atoms with E-state index in [-0.39, 0.29) is 30.4 Å². The average molecular weight is 479 g/mol. The maximum Gasteiger partial charge on any atom is 0.407 e. The second-order valence-corrected chi connectivity index (χ2v) is 10.7. The zero-order valence-electron chi connectivity index (χ0n) is 20.6. The first-order valence-corrected chi connectivity index (χ1v) is 12.3. The molecule has 0 aromatic heterocycles. The topological polar surface area (TPSA) is 95.9 Å². The lowest BCUT2D eigenvalue weighted by Gasteiger charge is -2.30. The zero-order valence-corrected chi connectivity index (χ0v) is 20.6. The number of carboxylic acids is 1. The highest BCUT2D eigenvalue weighted by atomic mass is 16.5. The van der Waals surface area contributed by atoms with Gasteiger partial charge >= 0.3 is 12.1 Å². The Morgan fingerprint density at radius 3 is 2.23 bits per heavy atom. The number of aliphatic carboxylic acids is 1. The number of benzene rings is 2. The van der Waals surface area contributed by atoms with Crippen molar-refractivity contribution in [1.29, 1.82) is 0 Å². The Bertz CT molecular complexity index is 1060. The summed E-state index contributed by atoms with van der Waals surface area (Å²) in [5.41, 5.74) is 4.42. The highest BCUT2D eigenvalue weighted by Crippen LogP contribution is 2.44. The molecule has 4 rings (SSSR count). The van der Waals surface area contributed by atoms with Gasteiger partial charge in [0.05, 0.1) is 5.92 Å². The Kier molecular flexibility index (Phi) is 7.15. The summed E-state index contributed by atoms with van der Waals surface area (Å²) in [6, 6.07) is 15.5. The summed E-state index contributed by atoms with van der Waals surface area (Å²) < 4.78 is 5.62. The molecule has 0 bridgehead atoms. The fraction of sp³-hybridized carbons (Fsp3) is 0.464. The van der Waals surface area contributed by atoms with Crippen LogP contribution in [0.4, 0.5) is 4.79 Å². The van der Waals surface area contributed by atoms with Crippen LogP contribution in [-0.4, -0.2) is 53.7 Å². The molecule has 1 aliphatic heterocycles. The fourth-order valence-electron chi connectivity index (χ4n) is 5.36. The van der Waals surface area contributed by atoms with E-state index in [1.54, 1.807) is 0 Å². The van der Waals surface area contributed by atoms with Crippen molar-refractivity contribution in [3.8, 4) is 11.1 Å². The van der Waals surface area contributed by atoms with Gasteiger partial charge in [0.25, 0.3) is 0 Å². The Morgan fingerprint density at radius 2 is 1.66 bits per heavy atom. The van der Waals surface area contributed by atoms with E-state index in [1.807, 2.05) is 45.0 Å². The van der Waals surface area contributed by atoms with Crippen molar-refractivity contribution in [2.45, 2.75) is 52.0 Å². The first-order chi connectivity index (χ1) is 16.7. The van der Waals surface area contributed by atoms with E-state index in [9.17, 15) is 19.5 Å². The second-order valence-electron chi connectivity index (χ2n) is 10.7. The Morgan fingerprint density at radius 1 is 1.06 bits per heavy atom. The molecule has 0 radical (unpaired) electrons. The first-order valence-electron chi connectivity index (χ1n) is 12.3. The predicted octanol–water partition coefficient (Wildman–Crippen LogP) is 4.65. The SMILES string of the molecule is CC(C)(C)CC(CNC(=O)OCC1c2ccccc2-c2ccccc21)C(=O)N1CCC[C@@H]1C(=O)O. The quantitative estimate of drug-likeness (QED) is 0.604. The van der Waals surface area contributed by atoms with Crippen LogP contribution in [0.1, 0.15) is 57.1 Å². The first kappa shape index (κ1) is 24.8. The van der Waals surface area contributed by atoms with Crippen molar-refractivity contribution in [2.24, 2.45) is 11.3 Å². The van der Waals surface area contributed by atoms with Crippen molar-refractivity contribution in [1.82, 2.24) is 10.2 Å². The van der Waals surface area contributed by atoms with Crippen LogP contribution in [0.3, 0.4) is 0 Å². The molecule has 1 heterocycles. The number of likely N-dealkylation sites (tertiary alicyclic amines) is 1. The Labute approximate surface area is 206 Å². The van der Waals surface area contributed by atoms with E-state index in [0.717, 1.165) is 22.3 Å². The Hall–Kier alpha value is -3.35.